The molecule has 1 N–H and O–H groups in total. The molecule has 4 rings (SSSR count). The topological polar surface area (TPSA) is 72.0 Å². The summed E-state index contributed by atoms with van der Waals surface area (Å²) in [6.45, 7) is 0. The first-order valence-electron chi connectivity index (χ1n) is 8.53. The van der Waals surface area contributed by atoms with Crippen LogP contribution in [-0.2, 0) is 4.79 Å². The van der Waals surface area contributed by atoms with Crippen molar-refractivity contribution in [3.05, 3.63) is 78.1 Å². The molecule has 1 aliphatic rings. The fourth-order valence-corrected chi connectivity index (χ4v) is 3.29. The lowest BCUT2D eigenvalue weighted by molar-refractivity contribution is -0.117. The molecule has 0 saturated heterocycles. The number of anilines is 1. The van der Waals surface area contributed by atoms with Crippen molar-refractivity contribution in [1.82, 2.24) is 9.97 Å². The first kappa shape index (κ1) is 16.1. The number of nitrogens with zero attached hydrogens (tertiary/aromatic N) is 2. The molecular formula is C21H17N3O2. The van der Waals surface area contributed by atoms with Crippen LogP contribution in [0.3, 0.4) is 0 Å². The fourth-order valence-electron chi connectivity index (χ4n) is 3.29. The summed E-state index contributed by atoms with van der Waals surface area (Å²) in [7, 11) is 0. The minimum absolute atomic E-state index is 0.0985. The van der Waals surface area contributed by atoms with Gasteiger partial charge in [-0.3, -0.25) is 14.6 Å². The number of pyridine rings is 2. The van der Waals surface area contributed by atoms with Crippen molar-refractivity contribution < 1.29 is 9.59 Å². The first-order chi connectivity index (χ1) is 12.7. The first-order valence-corrected chi connectivity index (χ1v) is 8.53. The second kappa shape index (κ2) is 6.88. The van der Waals surface area contributed by atoms with Gasteiger partial charge in [-0.1, -0.05) is 30.3 Å². The molecule has 0 spiro atoms. The molecule has 2 heterocycles. The number of carbonyl (C=O) groups excluding carboxylic acids is 2. The van der Waals surface area contributed by atoms with Crippen LogP contribution in [0.1, 0.15) is 34.7 Å². The predicted molar refractivity (Wildman–Crippen MR) is 98.8 cm³/mol. The van der Waals surface area contributed by atoms with Crippen molar-refractivity contribution in [2.45, 2.75) is 18.8 Å². The van der Waals surface area contributed by atoms with Gasteiger partial charge in [-0.2, -0.15) is 0 Å². The molecule has 1 atom stereocenters. The quantitative estimate of drug-likeness (QED) is 0.784. The Labute approximate surface area is 151 Å². The molecule has 1 unspecified atom stereocenters. The normalized spacial score (nSPS) is 16.0. The van der Waals surface area contributed by atoms with E-state index in [1.165, 1.54) is 0 Å². The van der Waals surface area contributed by atoms with Crippen molar-refractivity contribution >= 4 is 17.5 Å². The highest BCUT2D eigenvalue weighted by atomic mass is 16.2. The Kier molecular flexibility index (Phi) is 4.27. The van der Waals surface area contributed by atoms with Gasteiger partial charge in [0.1, 0.15) is 5.82 Å². The maximum absolute atomic E-state index is 12.8. The molecule has 0 fully saturated rings. The van der Waals surface area contributed by atoms with Gasteiger partial charge in [0, 0.05) is 29.9 Å². The van der Waals surface area contributed by atoms with Gasteiger partial charge >= 0.3 is 0 Å². The van der Waals surface area contributed by atoms with E-state index in [1.807, 2.05) is 42.5 Å². The van der Waals surface area contributed by atoms with Gasteiger partial charge in [0.05, 0.1) is 11.6 Å². The highest BCUT2D eigenvalue weighted by Gasteiger charge is 2.30. The minimum Gasteiger partial charge on any atom is -0.310 e. The third-order valence-corrected chi connectivity index (χ3v) is 4.57. The van der Waals surface area contributed by atoms with E-state index >= 15 is 0 Å². The fraction of sp³-hybridized carbons (Fsp3) is 0.143. The van der Waals surface area contributed by atoms with Gasteiger partial charge in [-0.25, -0.2) is 4.98 Å². The third-order valence-electron chi connectivity index (χ3n) is 4.57. The lowest BCUT2D eigenvalue weighted by Gasteiger charge is -2.23. The molecule has 0 aliphatic heterocycles. The number of aromatic nitrogens is 2. The second-order valence-corrected chi connectivity index (χ2v) is 6.24. The Bertz CT molecular complexity index is 970. The standard InChI is InChI=1S/C21H17N3O2/c25-19-11-10-17(15-6-1-2-7-16(15)19)21(26)24-20-9-3-8-18(23-20)14-5-4-12-22-13-14/h1-9,12-13,17H,10-11H2,(H,23,24,26). The third kappa shape index (κ3) is 3.11. The Morgan fingerprint density at radius 3 is 2.77 bits per heavy atom. The van der Waals surface area contributed by atoms with Gasteiger partial charge in [0.15, 0.2) is 5.78 Å². The summed E-state index contributed by atoms with van der Waals surface area (Å²) in [4.78, 5) is 33.5. The highest BCUT2D eigenvalue weighted by Crippen LogP contribution is 2.32. The van der Waals surface area contributed by atoms with Crippen LogP contribution in [0.2, 0.25) is 0 Å². The zero-order valence-corrected chi connectivity index (χ0v) is 14.1. The summed E-state index contributed by atoms with van der Waals surface area (Å²) in [6, 6.07) is 16.6. The van der Waals surface area contributed by atoms with Crippen molar-refractivity contribution in [1.29, 1.82) is 0 Å². The smallest absolute Gasteiger partial charge is 0.233 e. The molecule has 1 aliphatic carbocycles. The Morgan fingerprint density at radius 2 is 1.92 bits per heavy atom. The van der Waals surface area contributed by atoms with E-state index < -0.39 is 0 Å². The van der Waals surface area contributed by atoms with Crippen LogP contribution in [0, 0.1) is 0 Å². The average molecular weight is 343 g/mol. The number of nitrogens with one attached hydrogen (secondary N) is 1. The van der Waals surface area contributed by atoms with Crippen LogP contribution in [0.5, 0.6) is 0 Å². The van der Waals surface area contributed by atoms with Crippen LogP contribution in [-0.4, -0.2) is 21.7 Å². The molecule has 5 heteroatoms. The zero-order chi connectivity index (χ0) is 17.9. The van der Waals surface area contributed by atoms with Crippen molar-refractivity contribution in [2.75, 3.05) is 5.32 Å². The predicted octanol–water partition coefficient (Wildman–Crippen LogP) is 3.84. The summed E-state index contributed by atoms with van der Waals surface area (Å²) in [5, 5.41) is 2.90. The number of hydrogen-bond acceptors (Lipinski definition) is 4. The maximum Gasteiger partial charge on any atom is 0.233 e. The summed E-state index contributed by atoms with van der Waals surface area (Å²) >= 11 is 0. The van der Waals surface area contributed by atoms with E-state index in [9.17, 15) is 9.59 Å². The zero-order valence-electron chi connectivity index (χ0n) is 14.1. The molecule has 3 aromatic rings. The lowest BCUT2D eigenvalue weighted by Crippen LogP contribution is -2.27. The molecule has 26 heavy (non-hydrogen) atoms. The van der Waals surface area contributed by atoms with Crippen LogP contribution >= 0.6 is 0 Å². The molecule has 0 bridgehead atoms. The summed E-state index contributed by atoms with van der Waals surface area (Å²) in [6.07, 6.45) is 4.34. The molecule has 0 radical (unpaired) electrons. The molecule has 5 nitrogen and oxygen atoms in total. The van der Waals surface area contributed by atoms with Crippen LogP contribution in [0.15, 0.2) is 67.0 Å². The van der Waals surface area contributed by atoms with E-state index in [-0.39, 0.29) is 17.6 Å². The van der Waals surface area contributed by atoms with Crippen LogP contribution in [0.4, 0.5) is 5.82 Å². The number of carbonyl (C=O) groups is 2. The summed E-state index contributed by atoms with van der Waals surface area (Å²) in [5.74, 6) is 0.112. The summed E-state index contributed by atoms with van der Waals surface area (Å²) in [5.41, 5.74) is 3.08. The Balaban J connectivity index is 1.58. The van der Waals surface area contributed by atoms with Crippen molar-refractivity contribution in [2.24, 2.45) is 0 Å². The van der Waals surface area contributed by atoms with Crippen molar-refractivity contribution in [3.8, 4) is 11.3 Å². The molecule has 2 aromatic heterocycles. The number of fused-ring (bicyclic) bond motifs is 1. The number of amides is 1. The molecule has 0 saturated carbocycles. The molecule has 128 valence electrons. The van der Waals surface area contributed by atoms with Crippen LogP contribution < -0.4 is 5.32 Å². The van der Waals surface area contributed by atoms with E-state index in [0.717, 1.165) is 16.8 Å². The van der Waals surface area contributed by atoms with Crippen molar-refractivity contribution in [3.63, 3.8) is 0 Å². The molecule has 1 aromatic carbocycles. The maximum atomic E-state index is 12.8. The Morgan fingerprint density at radius 1 is 1.04 bits per heavy atom. The lowest BCUT2D eigenvalue weighted by atomic mass is 9.81. The summed E-state index contributed by atoms with van der Waals surface area (Å²) < 4.78 is 0. The monoisotopic (exact) mass is 343 g/mol. The van der Waals surface area contributed by atoms with E-state index in [1.54, 1.807) is 24.5 Å². The average Bonchev–Trinajstić information content (AvgIpc) is 2.69. The van der Waals surface area contributed by atoms with E-state index in [0.29, 0.717) is 24.2 Å². The number of benzene rings is 1. The number of rotatable bonds is 3. The Hall–Kier alpha value is -3.34. The number of Topliss-reactive ketones (excluding diaryl/α,β-unsaturated/α-hetero) is 1. The highest BCUT2D eigenvalue weighted by molar-refractivity contribution is 6.04. The SMILES string of the molecule is O=C1CCC(C(=O)Nc2cccc(-c3cccnc3)n2)c2ccccc21. The largest absolute Gasteiger partial charge is 0.310 e. The molecule has 1 amide bonds. The second-order valence-electron chi connectivity index (χ2n) is 6.24. The van der Waals surface area contributed by atoms with Gasteiger partial charge in [-0.05, 0) is 36.2 Å². The van der Waals surface area contributed by atoms with Gasteiger partial charge in [0.25, 0.3) is 0 Å². The minimum atomic E-state index is -0.340. The number of ketones is 1. The van der Waals surface area contributed by atoms with E-state index in [4.69, 9.17) is 0 Å². The van der Waals surface area contributed by atoms with Gasteiger partial charge in [-0.15, -0.1) is 0 Å². The van der Waals surface area contributed by atoms with Gasteiger partial charge in [0.2, 0.25) is 5.91 Å². The molecular weight excluding hydrogens is 326 g/mol. The van der Waals surface area contributed by atoms with Crippen LogP contribution in [0.25, 0.3) is 11.3 Å². The van der Waals surface area contributed by atoms with Gasteiger partial charge < -0.3 is 5.32 Å². The van der Waals surface area contributed by atoms with E-state index in [2.05, 4.69) is 15.3 Å². The number of hydrogen-bond donors (Lipinski definition) is 1.